The first kappa shape index (κ1) is 10.9. The lowest BCUT2D eigenvalue weighted by Crippen LogP contribution is -2.09. The third kappa shape index (κ3) is 1.71. The van der Waals surface area contributed by atoms with Gasteiger partial charge in [0.2, 0.25) is 0 Å². The summed E-state index contributed by atoms with van der Waals surface area (Å²) >= 11 is 0. The van der Waals surface area contributed by atoms with Crippen LogP contribution in [0.3, 0.4) is 0 Å². The second-order valence-corrected chi connectivity index (χ2v) is 5.55. The van der Waals surface area contributed by atoms with Crippen LogP contribution in [0.1, 0.15) is 36.9 Å². The number of hydrogen-bond donors (Lipinski definition) is 0. The molecule has 2 heterocycles. The Labute approximate surface area is 112 Å². The van der Waals surface area contributed by atoms with E-state index in [4.69, 9.17) is 9.97 Å². The van der Waals surface area contributed by atoms with E-state index in [2.05, 4.69) is 37.3 Å². The van der Waals surface area contributed by atoms with Crippen LogP contribution in [0.5, 0.6) is 0 Å². The van der Waals surface area contributed by atoms with Gasteiger partial charge >= 0.3 is 0 Å². The maximum Gasteiger partial charge on any atom is 0.160 e. The lowest BCUT2D eigenvalue weighted by molar-refractivity contribution is 0.576. The highest BCUT2D eigenvalue weighted by atomic mass is 14.9. The van der Waals surface area contributed by atoms with Crippen molar-refractivity contribution in [2.45, 2.75) is 32.1 Å². The first-order chi connectivity index (χ1) is 9.31. The van der Waals surface area contributed by atoms with Crippen LogP contribution in [0, 0.1) is 0 Å². The molecule has 2 aromatic heterocycles. The maximum atomic E-state index is 4.84. The predicted octanol–water partition coefficient (Wildman–Crippen LogP) is 4.22. The number of para-hydroxylation sites is 1. The van der Waals surface area contributed by atoms with Gasteiger partial charge in [0.25, 0.3) is 0 Å². The molecule has 1 aromatic carbocycles. The largest absolute Gasteiger partial charge is 0.233 e. The molecule has 0 saturated heterocycles. The fourth-order valence-electron chi connectivity index (χ4n) is 3.13. The molecule has 0 radical (unpaired) electrons. The minimum atomic E-state index is 0.571. The van der Waals surface area contributed by atoms with Crippen molar-refractivity contribution in [3.05, 3.63) is 47.7 Å². The maximum absolute atomic E-state index is 4.84. The van der Waals surface area contributed by atoms with Crippen LogP contribution in [0.15, 0.2) is 36.4 Å². The van der Waals surface area contributed by atoms with Gasteiger partial charge in [0.05, 0.1) is 5.52 Å². The molecule has 0 aliphatic heterocycles. The number of nitrogens with zero attached hydrogens (tertiary/aromatic N) is 2. The van der Waals surface area contributed by atoms with E-state index >= 15 is 0 Å². The summed E-state index contributed by atoms with van der Waals surface area (Å²) in [6.07, 6.45) is 3.69. The van der Waals surface area contributed by atoms with E-state index in [1.54, 1.807) is 0 Å². The lowest BCUT2D eigenvalue weighted by atomic mass is 9.87. The second-order valence-electron chi connectivity index (χ2n) is 5.55. The third-order valence-electron chi connectivity index (χ3n) is 4.17. The molecule has 19 heavy (non-hydrogen) atoms. The van der Waals surface area contributed by atoms with Gasteiger partial charge in [0, 0.05) is 16.5 Å². The highest BCUT2D eigenvalue weighted by Crippen LogP contribution is 2.32. The molecule has 3 aromatic rings. The molecular formula is C17H16N2. The van der Waals surface area contributed by atoms with E-state index in [1.807, 2.05) is 6.07 Å². The molecule has 1 atom stereocenters. The first-order valence-electron chi connectivity index (χ1n) is 7.00. The zero-order valence-electron chi connectivity index (χ0n) is 11.1. The fraction of sp³-hybridized carbons (Fsp3) is 0.294. The SMILES string of the molecule is CC1CCCc2cc3cc4ccccc4nc3nc21. The van der Waals surface area contributed by atoms with Crippen molar-refractivity contribution in [2.75, 3.05) is 0 Å². The van der Waals surface area contributed by atoms with E-state index in [9.17, 15) is 0 Å². The highest BCUT2D eigenvalue weighted by molar-refractivity contribution is 5.91. The Balaban J connectivity index is 2.04. The molecule has 1 aliphatic rings. The number of pyridine rings is 2. The van der Waals surface area contributed by atoms with Gasteiger partial charge in [-0.05, 0) is 48.9 Å². The minimum Gasteiger partial charge on any atom is -0.233 e. The minimum absolute atomic E-state index is 0.571. The van der Waals surface area contributed by atoms with Crippen molar-refractivity contribution in [2.24, 2.45) is 0 Å². The molecule has 1 unspecified atom stereocenters. The molecule has 0 saturated carbocycles. The number of aromatic nitrogens is 2. The summed E-state index contributed by atoms with van der Waals surface area (Å²) in [6.45, 7) is 2.28. The lowest BCUT2D eigenvalue weighted by Gasteiger charge is -2.21. The van der Waals surface area contributed by atoms with Crippen molar-refractivity contribution < 1.29 is 0 Å². The standard InChI is InChI=1S/C17H16N2/c1-11-5-4-7-13-10-14-9-12-6-2-3-8-15(12)18-17(14)19-16(11)13/h2-3,6,8-11H,4-5,7H2,1H3. The molecule has 2 heteroatoms. The number of rotatable bonds is 0. The average molecular weight is 248 g/mol. The van der Waals surface area contributed by atoms with Crippen LogP contribution in [-0.4, -0.2) is 9.97 Å². The van der Waals surface area contributed by atoms with Gasteiger partial charge in [-0.1, -0.05) is 25.1 Å². The Morgan fingerprint density at radius 2 is 1.95 bits per heavy atom. The molecule has 1 aliphatic carbocycles. The van der Waals surface area contributed by atoms with Crippen LogP contribution >= 0.6 is 0 Å². The molecule has 0 fully saturated rings. The summed E-state index contributed by atoms with van der Waals surface area (Å²) in [5, 5.41) is 2.37. The number of fused-ring (bicyclic) bond motifs is 3. The van der Waals surface area contributed by atoms with E-state index in [-0.39, 0.29) is 0 Å². The Bertz CT molecular complexity index is 777. The Kier molecular flexibility index (Phi) is 2.31. The summed E-state index contributed by atoms with van der Waals surface area (Å²) in [5.74, 6) is 0.571. The summed E-state index contributed by atoms with van der Waals surface area (Å²) < 4.78 is 0. The van der Waals surface area contributed by atoms with Crippen LogP contribution < -0.4 is 0 Å². The van der Waals surface area contributed by atoms with E-state index in [0.29, 0.717) is 5.92 Å². The van der Waals surface area contributed by atoms with Crippen LogP contribution in [0.2, 0.25) is 0 Å². The molecule has 4 rings (SSSR count). The summed E-state index contributed by atoms with van der Waals surface area (Å²) in [6, 6.07) is 12.8. The first-order valence-corrected chi connectivity index (χ1v) is 7.00. The van der Waals surface area contributed by atoms with Crippen molar-refractivity contribution in [3.63, 3.8) is 0 Å². The van der Waals surface area contributed by atoms with Gasteiger partial charge in [0.15, 0.2) is 5.65 Å². The van der Waals surface area contributed by atoms with Crippen LogP contribution in [0.4, 0.5) is 0 Å². The van der Waals surface area contributed by atoms with Gasteiger partial charge in [-0.15, -0.1) is 0 Å². The number of hydrogen-bond acceptors (Lipinski definition) is 2. The monoisotopic (exact) mass is 248 g/mol. The zero-order valence-corrected chi connectivity index (χ0v) is 11.1. The summed E-state index contributed by atoms with van der Waals surface area (Å²) in [5.41, 5.74) is 4.61. The van der Waals surface area contributed by atoms with Crippen molar-refractivity contribution in [1.82, 2.24) is 9.97 Å². The van der Waals surface area contributed by atoms with Crippen LogP contribution in [0.25, 0.3) is 21.9 Å². The van der Waals surface area contributed by atoms with Gasteiger partial charge in [-0.3, -0.25) is 0 Å². The van der Waals surface area contributed by atoms with E-state index in [1.165, 1.54) is 34.9 Å². The number of aryl methyl sites for hydroxylation is 1. The summed E-state index contributed by atoms with van der Waals surface area (Å²) in [4.78, 5) is 9.54. The quantitative estimate of drug-likeness (QED) is 0.556. The van der Waals surface area contributed by atoms with Crippen molar-refractivity contribution in [1.29, 1.82) is 0 Å². The molecule has 0 spiro atoms. The highest BCUT2D eigenvalue weighted by Gasteiger charge is 2.18. The van der Waals surface area contributed by atoms with Crippen LogP contribution in [-0.2, 0) is 6.42 Å². The Morgan fingerprint density at radius 1 is 1.05 bits per heavy atom. The van der Waals surface area contributed by atoms with Crippen molar-refractivity contribution in [3.8, 4) is 0 Å². The Hall–Kier alpha value is -1.96. The normalized spacial score (nSPS) is 18.7. The number of benzene rings is 1. The Morgan fingerprint density at radius 3 is 2.89 bits per heavy atom. The molecule has 94 valence electrons. The molecule has 0 N–H and O–H groups in total. The third-order valence-corrected chi connectivity index (χ3v) is 4.17. The second kappa shape index (κ2) is 4.02. The van der Waals surface area contributed by atoms with Gasteiger partial charge in [-0.2, -0.15) is 0 Å². The fourth-order valence-corrected chi connectivity index (χ4v) is 3.13. The van der Waals surface area contributed by atoms with Gasteiger partial charge < -0.3 is 0 Å². The predicted molar refractivity (Wildman–Crippen MR) is 78.4 cm³/mol. The molecule has 2 nitrogen and oxygen atoms in total. The molecule has 0 bridgehead atoms. The molecule has 0 amide bonds. The van der Waals surface area contributed by atoms with Crippen molar-refractivity contribution >= 4 is 21.9 Å². The topological polar surface area (TPSA) is 25.8 Å². The van der Waals surface area contributed by atoms with E-state index < -0.39 is 0 Å². The average Bonchev–Trinajstić information content (AvgIpc) is 2.44. The zero-order chi connectivity index (χ0) is 12.8. The smallest absolute Gasteiger partial charge is 0.160 e. The molecular weight excluding hydrogens is 232 g/mol. The van der Waals surface area contributed by atoms with Gasteiger partial charge in [-0.25, -0.2) is 9.97 Å². The van der Waals surface area contributed by atoms with E-state index in [0.717, 1.165) is 17.6 Å². The van der Waals surface area contributed by atoms with Gasteiger partial charge in [0.1, 0.15) is 0 Å². The summed E-state index contributed by atoms with van der Waals surface area (Å²) in [7, 11) is 0.